The quantitative estimate of drug-likeness (QED) is 0.0823. The van der Waals surface area contributed by atoms with Crippen molar-refractivity contribution in [3.63, 3.8) is 0 Å². The summed E-state index contributed by atoms with van der Waals surface area (Å²) in [6.07, 6.45) is 2.96. The van der Waals surface area contributed by atoms with Crippen molar-refractivity contribution < 1.29 is 19.3 Å². The molecule has 1 saturated heterocycles. The molecular formula is C27H36N8O5. The highest BCUT2D eigenvalue weighted by Crippen LogP contribution is 2.25. The number of imide groups is 1. The Hall–Kier alpha value is -4.36. The molecule has 0 aromatic heterocycles. The van der Waals surface area contributed by atoms with Crippen molar-refractivity contribution in [2.75, 3.05) is 18.0 Å². The largest absolute Gasteiger partial charge is 0.370 e. The van der Waals surface area contributed by atoms with E-state index in [0.717, 1.165) is 18.4 Å². The van der Waals surface area contributed by atoms with Gasteiger partial charge in [0.25, 0.3) is 5.69 Å². The Bertz CT molecular complexity index is 1200. The number of carbonyl (C=O) groups is 3. The monoisotopic (exact) mass is 552 g/mol. The topological polar surface area (TPSA) is 212 Å². The van der Waals surface area contributed by atoms with Gasteiger partial charge in [-0.3, -0.25) is 39.7 Å². The van der Waals surface area contributed by atoms with Gasteiger partial charge in [-0.25, -0.2) is 0 Å². The fourth-order valence-electron chi connectivity index (χ4n) is 4.57. The van der Waals surface area contributed by atoms with Gasteiger partial charge in [0.15, 0.2) is 5.96 Å². The van der Waals surface area contributed by atoms with Crippen LogP contribution in [0.3, 0.4) is 0 Å². The van der Waals surface area contributed by atoms with Crippen LogP contribution in [0.4, 0.5) is 11.4 Å². The van der Waals surface area contributed by atoms with Crippen LogP contribution in [-0.2, 0) is 20.8 Å². The average Bonchev–Trinajstić information content (AvgIpc) is 2.95. The van der Waals surface area contributed by atoms with Crippen LogP contribution >= 0.6 is 0 Å². The molecule has 13 nitrogen and oxygen atoms in total. The Morgan fingerprint density at radius 1 is 1.10 bits per heavy atom. The van der Waals surface area contributed by atoms with E-state index in [1.54, 1.807) is 0 Å². The Labute approximate surface area is 232 Å². The normalized spacial score (nSPS) is 16.3. The van der Waals surface area contributed by atoms with Gasteiger partial charge in [0.2, 0.25) is 17.7 Å². The molecule has 0 saturated carbocycles. The third-order valence-electron chi connectivity index (χ3n) is 6.61. The number of anilines is 1. The number of hydrogen-bond donors (Lipinski definition) is 5. The molecule has 2 aromatic rings. The zero-order valence-corrected chi connectivity index (χ0v) is 22.2. The van der Waals surface area contributed by atoms with Crippen molar-refractivity contribution in [1.29, 1.82) is 0 Å². The Kier molecular flexibility index (Phi) is 11.1. The fraction of sp³-hybridized carbons (Fsp3) is 0.407. The average molecular weight is 553 g/mol. The number of guanidine groups is 1. The van der Waals surface area contributed by atoms with Crippen LogP contribution in [0.25, 0.3) is 0 Å². The van der Waals surface area contributed by atoms with Crippen LogP contribution < -0.4 is 32.7 Å². The number of rotatable bonds is 12. The molecule has 1 fully saturated rings. The van der Waals surface area contributed by atoms with E-state index in [9.17, 15) is 24.5 Å². The number of benzene rings is 2. The molecule has 8 N–H and O–H groups in total. The molecule has 1 aliphatic heterocycles. The van der Waals surface area contributed by atoms with Crippen LogP contribution in [-0.4, -0.2) is 59.8 Å². The summed E-state index contributed by atoms with van der Waals surface area (Å²) < 4.78 is 0. The number of nitro groups is 1. The number of nitrogens with two attached hydrogens (primary N) is 3. The number of nitro benzene ring substituents is 1. The van der Waals surface area contributed by atoms with Crippen LogP contribution in [0.5, 0.6) is 0 Å². The van der Waals surface area contributed by atoms with E-state index in [1.807, 2.05) is 30.3 Å². The second kappa shape index (κ2) is 14.7. The summed E-state index contributed by atoms with van der Waals surface area (Å²) in [5.41, 5.74) is 18.1. The summed E-state index contributed by atoms with van der Waals surface area (Å²) in [4.78, 5) is 56.2. The van der Waals surface area contributed by atoms with E-state index in [2.05, 4.69) is 15.6 Å². The van der Waals surface area contributed by atoms with Crippen LogP contribution in [0, 0.1) is 10.1 Å². The molecule has 0 spiro atoms. The number of nitrogens with one attached hydrogen (secondary N) is 2. The lowest BCUT2D eigenvalue weighted by molar-refractivity contribution is -0.384. The van der Waals surface area contributed by atoms with Gasteiger partial charge in [-0.1, -0.05) is 36.8 Å². The van der Waals surface area contributed by atoms with Gasteiger partial charge < -0.3 is 22.5 Å². The van der Waals surface area contributed by atoms with Crippen LogP contribution in [0.1, 0.15) is 37.7 Å². The van der Waals surface area contributed by atoms with Crippen molar-refractivity contribution in [3.05, 3.63) is 70.3 Å². The molecule has 214 valence electrons. The minimum absolute atomic E-state index is 0.0920. The van der Waals surface area contributed by atoms with Crippen molar-refractivity contribution in [3.8, 4) is 0 Å². The summed E-state index contributed by atoms with van der Waals surface area (Å²) in [6.45, 7) is 0.846. The first-order valence-electron chi connectivity index (χ1n) is 13.2. The third kappa shape index (κ3) is 8.58. The van der Waals surface area contributed by atoms with E-state index in [-0.39, 0.29) is 36.7 Å². The third-order valence-corrected chi connectivity index (χ3v) is 6.61. The summed E-state index contributed by atoms with van der Waals surface area (Å²) in [7, 11) is 0. The van der Waals surface area contributed by atoms with Crippen LogP contribution in [0.2, 0.25) is 0 Å². The van der Waals surface area contributed by atoms with Crippen molar-refractivity contribution in [2.45, 2.75) is 56.7 Å². The Balaban J connectivity index is 1.95. The standard InChI is InChI=1S/C27H36N8O5/c28-21(17-18-7-2-1-3-8-18)26(38)34(19-11-13-20(14-12-19)35(39)40)23(10-6-16-32-27(29)30)25(37)33-24(36)22-9-4-5-15-31-22/h1-3,7-8,11-14,21-23,31H,4-6,9-10,15-17,28H2,(H4,29,30,32)(H,33,36,37). The SMILES string of the molecule is NC(N)=NCCCC(C(=O)NC(=O)C1CCCCN1)N(C(=O)C(N)Cc1ccccc1)c1ccc([N+](=O)[O-])cc1. The molecule has 0 aliphatic carbocycles. The van der Waals surface area contributed by atoms with Gasteiger partial charge in [0.1, 0.15) is 6.04 Å². The van der Waals surface area contributed by atoms with Crippen molar-refractivity contribution in [1.82, 2.24) is 10.6 Å². The molecule has 0 bridgehead atoms. The summed E-state index contributed by atoms with van der Waals surface area (Å²) >= 11 is 0. The molecule has 1 aliphatic rings. The van der Waals surface area contributed by atoms with Gasteiger partial charge in [-0.15, -0.1) is 0 Å². The van der Waals surface area contributed by atoms with Crippen LogP contribution in [0.15, 0.2) is 59.6 Å². The molecule has 1 heterocycles. The molecule has 40 heavy (non-hydrogen) atoms. The maximum Gasteiger partial charge on any atom is 0.269 e. The smallest absolute Gasteiger partial charge is 0.269 e. The number of non-ortho nitro benzene ring substituents is 1. The zero-order valence-electron chi connectivity index (χ0n) is 22.2. The molecule has 3 amide bonds. The van der Waals surface area contributed by atoms with E-state index in [0.29, 0.717) is 19.4 Å². The van der Waals surface area contributed by atoms with E-state index >= 15 is 0 Å². The van der Waals surface area contributed by atoms with Gasteiger partial charge in [0.05, 0.1) is 17.0 Å². The molecule has 0 radical (unpaired) electrons. The zero-order chi connectivity index (χ0) is 29.1. The summed E-state index contributed by atoms with van der Waals surface area (Å²) in [5, 5.41) is 16.8. The number of carbonyl (C=O) groups excluding carboxylic acids is 3. The lowest BCUT2D eigenvalue weighted by atomic mass is 10.0. The van der Waals surface area contributed by atoms with Gasteiger partial charge in [-0.2, -0.15) is 0 Å². The second-order valence-electron chi connectivity index (χ2n) is 9.60. The van der Waals surface area contributed by atoms with Gasteiger partial charge >= 0.3 is 0 Å². The lowest BCUT2D eigenvalue weighted by Gasteiger charge is -2.33. The highest BCUT2D eigenvalue weighted by molar-refractivity contribution is 6.07. The number of nitrogens with zero attached hydrogens (tertiary/aromatic N) is 3. The van der Waals surface area contributed by atoms with Crippen molar-refractivity contribution in [2.24, 2.45) is 22.2 Å². The minimum atomic E-state index is -1.17. The maximum atomic E-state index is 13.9. The van der Waals surface area contributed by atoms with E-state index in [1.165, 1.54) is 29.2 Å². The number of aliphatic imine (C=N–C) groups is 1. The number of amides is 3. The molecule has 3 rings (SSSR count). The predicted molar refractivity (Wildman–Crippen MR) is 151 cm³/mol. The van der Waals surface area contributed by atoms with Gasteiger partial charge in [0, 0.05) is 24.4 Å². The fourth-order valence-corrected chi connectivity index (χ4v) is 4.57. The highest BCUT2D eigenvalue weighted by Gasteiger charge is 2.35. The molecule has 3 unspecified atom stereocenters. The second-order valence-corrected chi connectivity index (χ2v) is 9.60. The Morgan fingerprint density at radius 3 is 2.40 bits per heavy atom. The van der Waals surface area contributed by atoms with E-state index in [4.69, 9.17) is 17.2 Å². The lowest BCUT2D eigenvalue weighted by Crippen LogP contribution is -2.58. The molecule has 2 aromatic carbocycles. The Morgan fingerprint density at radius 2 is 1.80 bits per heavy atom. The highest BCUT2D eigenvalue weighted by atomic mass is 16.6. The summed E-state index contributed by atoms with van der Waals surface area (Å²) in [6, 6.07) is 11.7. The van der Waals surface area contributed by atoms with E-state index < -0.39 is 40.8 Å². The first kappa shape index (κ1) is 30.2. The minimum Gasteiger partial charge on any atom is -0.370 e. The molecule has 13 heteroatoms. The molecular weight excluding hydrogens is 516 g/mol. The molecule has 3 atom stereocenters. The predicted octanol–water partition coefficient (Wildman–Crippen LogP) is 0.705. The number of hydrogen-bond acceptors (Lipinski definition) is 8. The van der Waals surface area contributed by atoms with Crippen molar-refractivity contribution >= 4 is 35.1 Å². The first-order valence-corrected chi connectivity index (χ1v) is 13.2. The number of piperidine rings is 1. The van der Waals surface area contributed by atoms with Gasteiger partial charge in [-0.05, 0) is 56.3 Å². The summed E-state index contributed by atoms with van der Waals surface area (Å²) in [5.74, 6) is -1.88. The maximum absolute atomic E-state index is 13.9. The first-order chi connectivity index (χ1) is 19.2.